The molecule has 5 aromatic rings. The Hall–Kier alpha value is -4.54. The van der Waals surface area contributed by atoms with Crippen LogP contribution in [0.5, 0.6) is 11.5 Å². The van der Waals surface area contributed by atoms with Gasteiger partial charge in [0.2, 0.25) is 0 Å². The lowest BCUT2D eigenvalue weighted by atomic mass is 9.83. The highest BCUT2D eigenvalue weighted by molar-refractivity contribution is 5.42. The van der Waals surface area contributed by atoms with Crippen molar-refractivity contribution in [3.63, 3.8) is 0 Å². The Balaban J connectivity index is -0.000000356. The van der Waals surface area contributed by atoms with E-state index in [0.717, 1.165) is 85.0 Å². The maximum absolute atomic E-state index is 10.0. The van der Waals surface area contributed by atoms with Gasteiger partial charge in [-0.3, -0.25) is 8.97 Å². The van der Waals surface area contributed by atoms with E-state index in [2.05, 4.69) is 177 Å². The van der Waals surface area contributed by atoms with Crippen LogP contribution in [0.25, 0.3) is 0 Å². The van der Waals surface area contributed by atoms with Crippen LogP contribution in [-0.2, 0) is 15.9 Å². The normalized spacial score (nSPS) is 14.7. The van der Waals surface area contributed by atoms with Crippen molar-refractivity contribution < 1.29 is 29.2 Å². The molecule has 4 unspecified atom stereocenters. The predicted octanol–water partition coefficient (Wildman–Crippen LogP) is 27.9. The second-order valence-electron chi connectivity index (χ2n) is 27.9. The molecule has 8 nitrogen and oxygen atoms in total. The monoisotopic (exact) mass is 1440 g/mol. The molecule has 0 saturated heterocycles. The molecule has 103 heavy (non-hydrogen) atoms. The van der Waals surface area contributed by atoms with Crippen LogP contribution in [-0.4, -0.2) is 103 Å². The predicted molar refractivity (Wildman–Crippen MR) is 464 cm³/mol. The molecule has 2 saturated carbocycles. The summed E-state index contributed by atoms with van der Waals surface area (Å²) in [6.45, 7) is 45.9. The lowest BCUT2D eigenvalue weighted by molar-refractivity contribution is 0.0113. The molecule has 0 heterocycles. The Morgan fingerprint density at radius 2 is 0.670 bits per heavy atom. The zero-order valence-electron chi connectivity index (χ0n) is 72.3. The van der Waals surface area contributed by atoms with E-state index in [9.17, 15) is 10.2 Å². The Morgan fingerprint density at radius 1 is 0.340 bits per heavy atom. The standard InChI is InChI=1S/C15H26NO2.C13H22N.C13H20O3.C13H28.C10H14O.C9H16.C9H12.C5H12.4C2H6/c1-4-5-11-18-13-15(17)12-16(2,3)14-9-7-6-8-10-14;1-4-5-9-12-14(2,3)13-10-7-6-8-11-13;1-2-3-9-15-10-12(14)11-16-13-7-5-4-6-8-13;1-3-5-7-9-11-13-12-10-8-6-4-2;1-2-3-9-11-10-7-5-4-6-8-10;1-6-3-8-4-7(2)9(6)5-8;1-2-6-9-7-4-3-5-8-9;1-3-5-4-2;4*1-2/h6-10,15,17H,4-5,11-13H2,1-3H3;6-8,10-11H,4-5,9,12H2,1-3H3;4-8,12,14H,2-3,9-11H2,1H3;3-13H2,1-2H3;4-8H,2-3,9H2,1H3;6-9H,3-5H2,1-2H3;3-5,7-8H,2,6H2,1H3;3-5H2,1-2H3;4*1-2H3/q2*+1;;;;;;;;;;/t;;;;;6-,7+,8?,9?;;;;;;. The zero-order chi connectivity index (χ0) is 78.3. The molecule has 8 heteroatoms. The maximum atomic E-state index is 10.0. The van der Waals surface area contributed by atoms with Crippen LogP contribution < -0.4 is 18.4 Å². The molecule has 2 aliphatic rings. The molecule has 0 amide bonds. The van der Waals surface area contributed by atoms with Gasteiger partial charge in [-0.2, -0.15) is 0 Å². The Bertz CT molecular complexity index is 2280. The summed E-state index contributed by atoms with van der Waals surface area (Å²) in [5.74, 6) is 6.09. The number of aliphatic hydroxyl groups is 2. The largest absolute Gasteiger partial charge is 0.494 e. The van der Waals surface area contributed by atoms with E-state index in [-0.39, 0.29) is 6.61 Å². The zero-order valence-corrected chi connectivity index (χ0v) is 72.3. The minimum absolute atomic E-state index is 0.274. The maximum Gasteiger partial charge on any atom is 0.132 e. The van der Waals surface area contributed by atoms with Crippen LogP contribution in [0.2, 0.25) is 0 Å². The Kier molecular flexibility index (Phi) is 84.8. The number of ether oxygens (including phenoxy) is 4. The molecule has 5 aromatic carbocycles. The van der Waals surface area contributed by atoms with E-state index in [0.29, 0.717) is 30.8 Å². The van der Waals surface area contributed by atoms with Crippen molar-refractivity contribution in [1.29, 1.82) is 0 Å². The Morgan fingerprint density at radius 3 is 1.02 bits per heavy atom. The summed E-state index contributed by atoms with van der Waals surface area (Å²) < 4.78 is 23.3. The number of fused-ring (bicyclic) bond motifs is 2. The summed E-state index contributed by atoms with van der Waals surface area (Å²) in [5.41, 5.74) is 4.05. The first-order valence-corrected chi connectivity index (χ1v) is 42.7. The highest BCUT2D eigenvalue weighted by atomic mass is 16.5. The first-order chi connectivity index (χ1) is 50.0. The van der Waals surface area contributed by atoms with Gasteiger partial charge in [0.1, 0.15) is 48.2 Å². The van der Waals surface area contributed by atoms with Crippen molar-refractivity contribution in [2.45, 2.75) is 324 Å². The number of para-hydroxylation sites is 4. The van der Waals surface area contributed by atoms with E-state index >= 15 is 0 Å². The van der Waals surface area contributed by atoms with Crippen LogP contribution in [0.3, 0.4) is 0 Å². The van der Waals surface area contributed by atoms with Gasteiger partial charge in [0, 0.05) is 13.2 Å². The SMILES string of the molecule is CC.CC.CC.CC.CCCCC.CCCCCCCCCCCCC.CCCCC[N+](C)(C)c1ccccc1.CCCCOCC(O)COc1ccccc1.CCCCOCC(O)C[N+](C)(C)c1ccccc1.CCCCOc1ccccc1.CCCc1ccccc1.C[C@@H]1CC2CC1[C@@H](C)C2. The van der Waals surface area contributed by atoms with Crippen LogP contribution in [0, 0.1) is 23.7 Å². The van der Waals surface area contributed by atoms with E-state index in [1.165, 1.54) is 165 Å². The summed E-state index contributed by atoms with van der Waals surface area (Å²) in [4.78, 5) is 0. The second kappa shape index (κ2) is 81.5. The van der Waals surface area contributed by atoms with Crippen LogP contribution in [0.4, 0.5) is 11.4 Å². The number of aryl methyl sites for hydroxylation is 1. The lowest BCUT2D eigenvalue weighted by Gasteiger charge is -2.31. The molecular weight excluding hydrogens is 1270 g/mol. The molecule has 7 rings (SSSR count). The van der Waals surface area contributed by atoms with Crippen LogP contribution in [0.15, 0.2) is 152 Å². The fourth-order valence-electron chi connectivity index (χ4n) is 11.9. The van der Waals surface area contributed by atoms with Gasteiger partial charge in [0.15, 0.2) is 0 Å². The minimum Gasteiger partial charge on any atom is -0.494 e. The highest BCUT2D eigenvalue weighted by Crippen LogP contribution is 2.51. The number of hydrogen-bond acceptors (Lipinski definition) is 6. The van der Waals surface area contributed by atoms with Crippen molar-refractivity contribution >= 4 is 11.4 Å². The third-order valence-electron chi connectivity index (χ3n) is 17.8. The first-order valence-electron chi connectivity index (χ1n) is 42.7. The number of likely N-dealkylation sites (N-methyl/N-ethyl adjacent to an activating group) is 1. The minimum atomic E-state index is -0.558. The lowest BCUT2D eigenvalue weighted by Crippen LogP contribution is -2.47. The van der Waals surface area contributed by atoms with Crippen molar-refractivity contribution in [3.8, 4) is 11.5 Å². The molecule has 598 valence electrons. The van der Waals surface area contributed by atoms with Crippen molar-refractivity contribution in [3.05, 3.63) is 157 Å². The van der Waals surface area contributed by atoms with E-state index in [1.807, 2.05) is 134 Å². The van der Waals surface area contributed by atoms with Gasteiger partial charge in [-0.15, -0.1) is 0 Å². The average molecular weight is 1440 g/mol. The molecule has 6 atom stereocenters. The summed E-state index contributed by atoms with van der Waals surface area (Å²) in [6.07, 6.45) is 36.7. The van der Waals surface area contributed by atoms with Gasteiger partial charge in [0.25, 0.3) is 0 Å². The molecule has 0 aliphatic heterocycles. The molecule has 2 fully saturated rings. The molecule has 0 aromatic heterocycles. The van der Waals surface area contributed by atoms with Gasteiger partial charge in [-0.1, -0.05) is 357 Å². The third-order valence-corrected chi connectivity index (χ3v) is 17.8. The summed E-state index contributed by atoms with van der Waals surface area (Å²) >= 11 is 0. The number of nitrogens with zero attached hydrogens (tertiary/aromatic N) is 2. The molecular formula is C95H174N2O6+2. The van der Waals surface area contributed by atoms with Gasteiger partial charge < -0.3 is 29.2 Å². The molecule has 2 bridgehead atoms. The smallest absolute Gasteiger partial charge is 0.132 e. The summed E-state index contributed by atoms with van der Waals surface area (Å²) in [5, 5.41) is 19.6. The van der Waals surface area contributed by atoms with E-state index in [4.69, 9.17) is 18.9 Å². The molecule has 2 aliphatic carbocycles. The highest BCUT2D eigenvalue weighted by Gasteiger charge is 2.41. The van der Waals surface area contributed by atoms with Crippen LogP contribution in [0.1, 0.15) is 310 Å². The van der Waals surface area contributed by atoms with Gasteiger partial charge >= 0.3 is 0 Å². The fourth-order valence-corrected chi connectivity index (χ4v) is 11.9. The van der Waals surface area contributed by atoms with Crippen LogP contribution >= 0.6 is 0 Å². The third kappa shape index (κ3) is 66.6. The molecule has 0 spiro atoms. The Labute approximate surface area is 642 Å². The topological polar surface area (TPSA) is 77.4 Å². The number of unbranched alkanes of at least 4 members (excludes halogenated alkanes) is 17. The molecule has 2 N–H and O–H groups in total. The van der Waals surface area contributed by atoms with Crippen molar-refractivity contribution in [1.82, 2.24) is 8.97 Å². The summed E-state index contributed by atoms with van der Waals surface area (Å²) in [6, 6.07) is 51.0. The number of hydrogen-bond donors (Lipinski definition) is 2. The number of aliphatic hydroxyl groups excluding tert-OH is 2. The van der Waals surface area contributed by atoms with Gasteiger partial charge in [0.05, 0.1) is 54.6 Å². The summed E-state index contributed by atoms with van der Waals surface area (Å²) in [7, 11) is 8.77. The van der Waals surface area contributed by atoms with Gasteiger partial charge in [-0.05, 0) is 136 Å². The van der Waals surface area contributed by atoms with E-state index < -0.39 is 12.2 Å². The fraction of sp³-hybridized carbons (Fsp3) is 0.684. The quantitative estimate of drug-likeness (QED) is 0.0302. The first kappa shape index (κ1) is 107. The average Bonchev–Trinajstić information content (AvgIpc) is 1.69. The molecule has 0 radical (unpaired) electrons. The van der Waals surface area contributed by atoms with Crippen molar-refractivity contribution in [2.75, 3.05) is 80.9 Å². The van der Waals surface area contributed by atoms with Crippen molar-refractivity contribution in [2.24, 2.45) is 23.7 Å². The van der Waals surface area contributed by atoms with Gasteiger partial charge in [-0.25, -0.2) is 0 Å². The number of quaternary nitrogens is 2. The second-order valence-corrected chi connectivity index (χ2v) is 27.9. The number of benzene rings is 5. The number of rotatable bonds is 39. The van der Waals surface area contributed by atoms with E-state index in [1.54, 1.807) is 6.42 Å².